The number of halogens is 2. The number of amides is 2. The molecule has 1 aliphatic rings. The van der Waals surface area contributed by atoms with Crippen LogP contribution in [0.3, 0.4) is 0 Å². The van der Waals surface area contributed by atoms with Gasteiger partial charge in [-0.25, -0.2) is 9.29 Å². The van der Waals surface area contributed by atoms with Gasteiger partial charge in [0.1, 0.15) is 5.82 Å². The zero-order valence-electron chi connectivity index (χ0n) is 12.0. The van der Waals surface area contributed by atoms with Crippen LogP contribution in [0.4, 0.5) is 4.39 Å². The first-order valence-corrected chi connectivity index (χ1v) is 8.40. The molecule has 3 rings (SSSR count). The Morgan fingerprint density at radius 3 is 2.50 bits per heavy atom. The van der Waals surface area contributed by atoms with Crippen molar-refractivity contribution >= 4 is 57.8 Å². The summed E-state index contributed by atoms with van der Waals surface area (Å²) in [6.07, 6.45) is 1.39. The highest BCUT2D eigenvalue weighted by Crippen LogP contribution is 2.34. The number of imide groups is 1. The van der Waals surface area contributed by atoms with E-state index < -0.39 is 17.6 Å². The van der Waals surface area contributed by atoms with Crippen LogP contribution in [0.25, 0.3) is 6.08 Å². The molecule has 3 nitrogen and oxygen atoms in total. The molecule has 0 N–H and O–H groups in total. The summed E-state index contributed by atoms with van der Waals surface area (Å²) in [7, 11) is 0. The number of thiocarbonyl (C=S) groups is 1. The van der Waals surface area contributed by atoms with E-state index in [4.69, 9.17) is 23.8 Å². The van der Waals surface area contributed by atoms with Crippen LogP contribution >= 0.6 is 35.6 Å². The van der Waals surface area contributed by atoms with Crippen molar-refractivity contribution in [2.75, 3.05) is 0 Å². The standard InChI is InChI=1S/C17H9ClFNO2S2/c18-12-7-5-10(6-8-12)15(21)20-16(22)14(24-17(20)23)9-11-3-1-2-4-13(11)19/h1-9H. The minimum atomic E-state index is -0.562. The average molecular weight is 378 g/mol. The van der Waals surface area contributed by atoms with Crippen molar-refractivity contribution in [1.82, 2.24) is 4.90 Å². The van der Waals surface area contributed by atoms with Gasteiger partial charge in [0.25, 0.3) is 11.8 Å². The molecule has 2 aromatic carbocycles. The van der Waals surface area contributed by atoms with Gasteiger partial charge in [-0.3, -0.25) is 9.59 Å². The molecule has 1 saturated heterocycles. The van der Waals surface area contributed by atoms with Crippen LogP contribution in [0.15, 0.2) is 53.4 Å². The fourth-order valence-electron chi connectivity index (χ4n) is 2.10. The Morgan fingerprint density at radius 2 is 1.83 bits per heavy atom. The maximum atomic E-state index is 13.7. The largest absolute Gasteiger partial charge is 0.273 e. The summed E-state index contributed by atoms with van der Waals surface area (Å²) in [4.78, 5) is 26.1. The van der Waals surface area contributed by atoms with Crippen LogP contribution in [0.1, 0.15) is 15.9 Å². The smallest absolute Gasteiger partial charge is 0.268 e. The van der Waals surface area contributed by atoms with E-state index in [1.807, 2.05) is 0 Å². The van der Waals surface area contributed by atoms with Gasteiger partial charge in [0.15, 0.2) is 4.32 Å². The Hall–Kier alpha value is -2.02. The first-order chi connectivity index (χ1) is 11.5. The summed E-state index contributed by atoms with van der Waals surface area (Å²) >= 11 is 11.9. The second-order valence-electron chi connectivity index (χ2n) is 4.85. The van der Waals surface area contributed by atoms with Crippen LogP contribution in [-0.4, -0.2) is 21.0 Å². The molecule has 0 radical (unpaired) electrons. The summed E-state index contributed by atoms with van der Waals surface area (Å²) in [6.45, 7) is 0. The Bertz CT molecular complexity index is 880. The van der Waals surface area contributed by atoms with Gasteiger partial charge < -0.3 is 0 Å². The summed E-state index contributed by atoms with van der Waals surface area (Å²) in [6, 6.07) is 12.2. The third-order valence-corrected chi connectivity index (χ3v) is 4.83. The fraction of sp³-hybridized carbons (Fsp3) is 0. The van der Waals surface area contributed by atoms with Crippen LogP contribution < -0.4 is 0 Å². The first kappa shape index (κ1) is 16.8. The fourth-order valence-corrected chi connectivity index (χ4v) is 3.47. The number of thioether (sulfide) groups is 1. The zero-order valence-corrected chi connectivity index (χ0v) is 14.4. The normalized spacial score (nSPS) is 16.1. The predicted molar refractivity (Wildman–Crippen MR) is 97.2 cm³/mol. The quantitative estimate of drug-likeness (QED) is 0.438. The van der Waals surface area contributed by atoms with Crippen molar-refractivity contribution in [2.45, 2.75) is 0 Å². The molecule has 7 heteroatoms. The molecule has 1 fully saturated rings. The number of carbonyl (C=O) groups is 2. The number of carbonyl (C=O) groups excluding carboxylic acids is 2. The molecular weight excluding hydrogens is 369 g/mol. The van der Waals surface area contributed by atoms with Gasteiger partial charge in [-0.2, -0.15) is 0 Å². The third kappa shape index (κ3) is 3.26. The SMILES string of the molecule is O=C1C(=Cc2ccccc2F)SC(=S)N1C(=O)c1ccc(Cl)cc1. The Kier molecular flexibility index (Phi) is 4.80. The molecule has 0 aromatic heterocycles. The molecular formula is C17H9ClFNO2S2. The zero-order chi connectivity index (χ0) is 17.3. The minimum absolute atomic E-state index is 0.113. The van der Waals surface area contributed by atoms with E-state index in [1.165, 1.54) is 24.3 Å². The van der Waals surface area contributed by atoms with E-state index in [9.17, 15) is 14.0 Å². The lowest BCUT2D eigenvalue weighted by Crippen LogP contribution is -2.34. The van der Waals surface area contributed by atoms with Crippen LogP contribution in [0, 0.1) is 5.82 Å². The monoisotopic (exact) mass is 377 g/mol. The van der Waals surface area contributed by atoms with Gasteiger partial charge >= 0.3 is 0 Å². The van der Waals surface area contributed by atoms with Crippen molar-refractivity contribution in [3.8, 4) is 0 Å². The van der Waals surface area contributed by atoms with Gasteiger partial charge in [-0.1, -0.05) is 53.8 Å². The maximum Gasteiger partial charge on any atom is 0.273 e. The molecule has 1 aliphatic heterocycles. The summed E-state index contributed by atoms with van der Waals surface area (Å²) in [5.74, 6) is -1.55. The highest BCUT2D eigenvalue weighted by atomic mass is 35.5. The molecule has 0 bridgehead atoms. The number of rotatable bonds is 2. The van der Waals surface area contributed by atoms with Gasteiger partial charge in [-0.05, 0) is 36.4 Å². The topological polar surface area (TPSA) is 37.4 Å². The molecule has 0 aliphatic carbocycles. The lowest BCUT2D eigenvalue weighted by Gasteiger charge is -2.12. The van der Waals surface area contributed by atoms with Crippen LogP contribution in [0.2, 0.25) is 5.02 Å². The minimum Gasteiger partial charge on any atom is -0.268 e. The molecule has 2 amide bonds. The third-order valence-electron chi connectivity index (χ3n) is 3.28. The predicted octanol–water partition coefficient (Wildman–Crippen LogP) is 4.52. The Morgan fingerprint density at radius 1 is 1.17 bits per heavy atom. The molecule has 0 spiro atoms. The Labute approximate surface area is 152 Å². The van der Waals surface area contributed by atoms with Gasteiger partial charge in [0, 0.05) is 16.1 Å². The first-order valence-electron chi connectivity index (χ1n) is 6.80. The average Bonchev–Trinajstić information content (AvgIpc) is 2.84. The van der Waals surface area contributed by atoms with Gasteiger partial charge in [0.2, 0.25) is 0 Å². The number of benzene rings is 2. The molecule has 0 atom stereocenters. The van der Waals surface area contributed by atoms with E-state index in [1.54, 1.807) is 30.3 Å². The number of hydrogen-bond donors (Lipinski definition) is 0. The van der Waals surface area contributed by atoms with E-state index in [2.05, 4.69) is 0 Å². The van der Waals surface area contributed by atoms with E-state index in [0.717, 1.165) is 16.7 Å². The van der Waals surface area contributed by atoms with Crippen LogP contribution in [-0.2, 0) is 4.79 Å². The van der Waals surface area contributed by atoms with Gasteiger partial charge in [-0.15, -0.1) is 0 Å². The van der Waals surface area contributed by atoms with Crippen molar-refractivity contribution in [3.63, 3.8) is 0 Å². The molecule has 24 heavy (non-hydrogen) atoms. The molecule has 0 unspecified atom stereocenters. The summed E-state index contributed by atoms with van der Waals surface area (Å²) in [5.41, 5.74) is 0.555. The molecule has 0 saturated carbocycles. The van der Waals surface area contributed by atoms with Crippen molar-refractivity contribution in [3.05, 3.63) is 75.4 Å². The van der Waals surface area contributed by atoms with E-state index in [0.29, 0.717) is 10.6 Å². The lowest BCUT2D eigenvalue weighted by atomic mass is 10.2. The second kappa shape index (κ2) is 6.84. The van der Waals surface area contributed by atoms with Crippen molar-refractivity contribution in [1.29, 1.82) is 0 Å². The summed E-state index contributed by atoms with van der Waals surface area (Å²) in [5, 5.41) is 0.483. The Balaban J connectivity index is 1.91. The number of nitrogens with zero attached hydrogens (tertiary/aromatic N) is 1. The van der Waals surface area contributed by atoms with E-state index >= 15 is 0 Å². The molecule has 1 heterocycles. The number of hydrogen-bond acceptors (Lipinski definition) is 4. The van der Waals surface area contributed by atoms with Crippen molar-refractivity contribution < 1.29 is 14.0 Å². The molecule has 2 aromatic rings. The highest BCUT2D eigenvalue weighted by molar-refractivity contribution is 8.26. The second-order valence-corrected chi connectivity index (χ2v) is 6.96. The van der Waals surface area contributed by atoms with Crippen LogP contribution in [0.5, 0.6) is 0 Å². The van der Waals surface area contributed by atoms with E-state index in [-0.39, 0.29) is 14.8 Å². The van der Waals surface area contributed by atoms with Crippen molar-refractivity contribution in [2.24, 2.45) is 0 Å². The lowest BCUT2D eigenvalue weighted by molar-refractivity contribution is -0.120. The maximum absolute atomic E-state index is 13.7. The van der Waals surface area contributed by atoms with Gasteiger partial charge in [0.05, 0.1) is 4.91 Å². The summed E-state index contributed by atoms with van der Waals surface area (Å²) < 4.78 is 13.8. The highest BCUT2D eigenvalue weighted by Gasteiger charge is 2.37. The molecule has 120 valence electrons.